The van der Waals surface area contributed by atoms with Crippen LogP contribution in [0.25, 0.3) is 0 Å². The number of aryl methyl sites for hydroxylation is 2. The topological polar surface area (TPSA) is 46.5 Å². The zero-order chi connectivity index (χ0) is 10.7. The summed E-state index contributed by atoms with van der Waals surface area (Å²) in [6, 6.07) is 3.44. The van der Waals surface area contributed by atoms with Gasteiger partial charge in [0.25, 0.3) is 0 Å². The molecular formula is C10H11ClO3. The molecule has 0 aromatic heterocycles. The van der Waals surface area contributed by atoms with E-state index >= 15 is 0 Å². The van der Waals surface area contributed by atoms with Crippen LogP contribution in [0.3, 0.4) is 0 Å². The number of rotatable bonds is 3. The highest BCUT2D eigenvalue weighted by atomic mass is 35.5. The summed E-state index contributed by atoms with van der Waals surface area (Å²) in [6.45, 7) is 3.37. The first-order valence-electron chi connectivity index (χ1n) is 4.12. The number of halogens is 1. The first-order valence-corrected chi connectivity index (χ1v) is 4.50. The van der Waals surface area contributed by atoms with Crippen LogP contribution in [-0.4, -0.2) is 17.7 Å². The second kappa shape index (κ2) is 4.33. The Morgan fingerprint density at radius 1 is 1.43 bits per heavy atom. The van der Waals surface area contributed by atoms with Gasteiger partial charge in [0.2, 0.25) is 0 Å². The molecule has 76 valence electrons. The molecule has 0 spiro atoms. The van der Waals surface area contributed by atoms with Crippen LogP contribution in [0.5, 0.6) is 5.75 Å². The molecule has 0 saturated carbocycles. The fourth-order valence-corrected chi connectivity index (χ4v) is 1.24. The van der Waals surface area contributed by atoms with Crippen molar-refractivity contribution in [2.24, 2.45) is 0 Å². The van der Waals surface area contributed by atoms with Crippen LogP contribution < -0.4 is 4.74 Å². The molecule has 0 unspecified atom stereocenters. The maximum Gasteiger partial charge on any atom is 0.341 e. The normalized spacial score (nSPS) is 9.93. The molecule has 0 atom stereocenters. The summed E-state index contributed by atoms with van der Waals surface area (Å²) in [7, 11) is 0. The molecule has 0 aliphatic heterocycles. The van der Waals surface area contributed by atoms with E-state index in [0.717, 1.165) is 11.1 Å². The minimum absolute atomic E-state index is 0.333. The Morgan fingerprint density at radius 2 is 1.93 bits per heavy atom. The van der Waals surface area contributed by atoms with E-state index < -0.39 is 5.97 Å². The Balaban J connectivity index is 2.84. The average molecular weight is 215 g/mol. The SMILES string of the molecule is Cc1cc(OCC(=O)O)cc(C)c1Cl. The average Bonchev–Trinajstić information content (AvgIpc) is 2.10. The third-order valence-corrected chi connectivity index (χ3v) is 2.37. The molecular weight excluding hydrogens is 204 g/mol. The Hall–Kier alpha value is -1.22. The van der Waals surface area contributed by atoms with Gasteiger partial charge in [-0.1, -0.05) is 11.6 Å². The van der Waals surface area contributed by atoms with Crippen LogP contribution in [-0.2, 0) is 4.79 Å². The van der Waals surface area contributed by atoms with E-state index in [1.807, 2.05) is 13.8 Å². The van der Waals surface area contributed by atoms with Gasteiger partial charge < -0.3 is 9.84 Å². The van der Waals surface area contributed by atoms with E-state index in [4.69, 9.17) is 21.4 Å². The highest BCUT2D eigenvalue weighted by molar-refractivity contribution is 6.32. The van der Waals surface area contributed by atoms with Crippen molar-refractivity contribution >= 4 is 17.6 Å². The van der Waals surface area contributed by atoms with Gasteiger partial charge in [-0.3, -0.25) is 0 Å². The quantitative estimate of drug-likeness (QED) is 0.841. The standard InChI is InChI=1S/C10H11ClO3/c1-6-3-8(14-5-9(12)13)4-7(2)10(6)11/h3-4H,5H2,1-2H3,(H,12,13). The third-order valence-electron chi connectivity index (χ3n) is 1.77. The van der Waals surface area contributed by atoms with Crippen molar-refractivity contribution in [3.8, 4) is 5.75 Å². The Bertz CT molecular complexity index is 337. The fourth-order valence-electron chi connectivity index (χ4n) is 1.13. The summed E-state index contributed by atoms with van der Waals surface area (Å²) < 4.78 is 5.03. The van der Waals surface area contributed by atoms with Crippen LogP contribution in [0.2, 0.25) is 5.02 Å². The van der Waals surface area contributed by atoms with Gasteiger partial charge in [0.1, 0.15) is 5.75 Å². The zero-order valence-corrected chi connectivity index (χ0v) is 8.76. The molecule has 0 radical (unpaired) electrons. The number of carboxylic acid groups (broad SMARTS) is 1. The van der Waals surface area contributed by atoms with E-state index in [2.05, 4.69) is 0 Å². The van der Waals surface area contributed by atoms with Crippen molar-refractivity contribution in [3.63, 3.8) is 0 Å². The van der Waals surface area contributed by atoms with Gasteiger partial charge in [-0.05, 0) is 37.1 Å². The number of aliphatic carboxylic acids is 1. The third kappa shape index (κ3) is 2.64. The molecule has 0 aliphatic rings. The molecule has 1 aromatic rings. The summed E-state index contributed by atoms with van der Waals surface area (Å²) in [6.07, 6.45) is 0. The number of benzene rings is 1. The predicted molar refractivity (Wildman–Crippen MR) is 54.1 cm³/mol. The molecule has 3 nitrogen and oxygen atoms in total. The number of hydrogen-bond donors (Lipinski definition) is 1. The second-order valence-electron chi connectivity index (χ2n) is 3.05. The van der Waals surface area contributed by atoms with E-state index in [0.29, 0.717) is 10.8 Å². The molecule has 14 heavy (non-hydrogen) atoms. The molecule has 0 aliphatic carbocycles. The zero-order valence-electron chi connectivity index (χ0n) is 8.00. The van der Waals surface area contributed by atoms with Gasteiger partial charge in [0.15, 0.2) is 6.61 Å². The summed E-state index contributed by atoms with van der Waals surface area (Å²) >= 11 is 5.94. The highest BCUT2D eigenvalue weighted by Gasteiger charge is 2.04. The minimum Gasteiger partial charge on any atom is -0.482 e. The second-order valence-corrected chi connectivity index (χ2v) is 3.43. The van der Waals surface area contributed by atoms with E-state index in [9.17, 15) is 4.79 Å². The highest BCUT2D eigenvalue weighted by Crippen LogP contribution is 2.25. The lowest BCUT2D eigenvalue weighted by atomic mass is 10.1. The molecule has 0 saturated heterocycles. The van der Waals surface area contributed by atoms with Gasteiger partial charge in [0.05, 0.1) is 0 Å². The number of carboxylic acids is 1. The van der Waals surface area contributed by atoms with Crippen LogP contribution in [0.1, 0.15) is 11.1 Å². The Morgan fingerprint density at radius 3 is 2.36 bits per heavy atom. The molecule has 1 aromatic carbocycles. The van der Waals surface area contributed by atoms with Crippen molar-refractivity contribution in [2.75, 3.05) is 6.61 Å². The van der Waals surface area contributed by atoms with Crippen LogP contribution in [0.15, 0.2) is 12.1 Å². The monoisotopic (exact) mass is 214 g/mol. The molecule has 0 fully saturated rings. The van der Waals surface area contributed by atoms with Crippen molar-refractivity contribution in [3.05, 3.63) is 28.3 Å². The van der Waals surface area contributed by atoms with Gasteiger partial charge in [-0.2, -0.15) is 0 Å². The maximum atomic E-state index is 10.3. The first kappa shape index (κ1) is 10.9. The molecule has 4 heteroatoms. The van der Waals surface area contributed by atoms with Crippen LogP contribution in [0.4, 0.5) is 0 Å². The van der Waals surface area contributed by atoms with Crippen molar-refractivity contribution < 1.29 is 14.6 Å². The summed E-state index contributed by atoms with van der Waals surface area (Å²) in [5.74, 6) is -0.456. The van der Waals surface area contributed by atoms with E-state index in [1.54, 1.807) is 12.1 Å². The Kier molecular flexibility index (Phi) is 3.36. The lowest BCUT2D eigenvalue weighted by Crippen LogP contribution is -2.09. The predicted octanol–water partition coefficient (Wildman–Crippen LogP) is 2.42. The van der Waals surface area contributed by atoms with E-state index in [1.165, 1.54) is 0 Å². The lowest BCUT2D eigenvalue weighted by Gasteiger charge is -2.07. The van der Waals surface area contributed by atoms with Gasteiger partial charge >= 0.3 is 5.97 Å². The van der Waals surface area contributed by atoms with Crippen molar-refractivity contribution in [1.82, 2.24) is 0 Å². The molecule has 0 bridgehead atoms. The molecule has 0 amide bonds. The number of ether oxygens (including phenoxy) is 1. The lowest BCUT2D eigenvalue weighted by molar-refractivity contribution is -0.139. The summed E-state index contributed by atoms with van der Waals surface area (Å²) in [5.41, 5.74) is 1.76. The van der Waals surface area contributed by atoms with Gasteiger partial charge in [-0.25, -0.2) is 4.79 Å². The van der Waals surface area contributed by atoms with Crippen LogP contribution >= 0.6 is 11.6 Å². The largest absolute Gasteiger partial charge is 0.482 e. The number of carbonyl (C=O) groups is 1. The van der Waals surface area contributed by atoms with Gasteiger partial charge in [-0.15, -0.1) is 0 Å². The smallest absolute Gasteiger partial charge is 0.341 e. The molecule has 1 rings (SSSR count). The minimum atomic E-state index is -0.991. The maximum absolute atomic E-state index is 10.3. The Labute approximate surface area is 87.3 Å². The first-order chi connectivity index (χ1) is 6.50. The summed E-state index contributed by atoms with van der Waals surface area (Å²) in [5, 5.41) is 9.10. The van der Waals surface area contributed by atoms with Gasteiger partial charge in [0, 0.05) is 5.02 Å². The van der Waals surface area contributed by atoms with Crippen molar-refractivity contribution in [1.29, 1.82) is 0 Å². The van der Waals surface area contributed by atoms with Crippen molar-refractivity contribution in [2.45, 2.75) is 13.8 Å². The molecule has 1 N–H and O–H groups in total. The summed E-state index contributed by atoms with van der Waals surface area (Å²) in [4.78, 5) is 10.3. The van der Waals surface area contributed by atoms with Crippen LogP contribution in [0, 0.1) is 13.8 Å². The number of hydrogen-bond acceptors (Lipinski definition) is 2. The van der Waals surface area contributed by atoms with E-state index in [-0.39, 0.29) is 6.61 Å². The molecule has 0 heterocycles. The fraction of sp³-hybridized carbons (Fsp3) is 0.300.